The molecule has 1 aliphatic rings. The normalized spacial score (nSPS) is 22.4. The first-order valence-electron chi connectivity index (χ1n) is 7.44. The number of Topliss-reactive ketones (excluding diaryl/α,β-unsaturated/α-hetero) is 1. The largest absolute Gasteiger partial charge is 0.316 e. The highest BCUT2D eigenvalue weighted by atomic mass is 16.1. The maximum absolute atomic E-state index is 13.0. The van der Waals surface area contributed by atoms with Crippen molar-refractivity contribution in [1.82, 2.24) is 15.5 Å². The van der Waals surface area contributed by atoms with Gasteiger partial charge in [-0.25, -0.2) is 0 Å². The van der Waals surface area contributed by atoms with Gasteiger partial charge < -0.3 is 5.32 Å². The van der Waals surface area contributed by atoms with Crippen LogP contribution in [-0.2, 0) is 0 Å². The topological polar surface area (TPSA) is 57.8 Å². The second-order valence-corrected chi connectivity index (χ2v) is 5.81. The SMILES string of the molecule is CCCCC1(C(=O)c2ccc3[nH]ncc3c2)CCNC1. The summed E-state index contributed by atoms with van der Waals surface area (Å²) in [7, 11) is 0. The smallest absolute Gasteiger partial charge is 0.170 e. The lowest BCUT2D eigenvalue weighted by Gasteiger charge is -2.26. The average molecular weight is 271 g/mol. The number of hydrogen-bond acceptors (Lipinski definition) is 3. The molecule has 1 unspecified atom stereocenters. The van der Waals surface area contributed by atoms with Crippen LogP contribution in [0.15, 0.2) is 24.4 Å². The molecule has 0 amide bonds. The Morgan fingerprint density at radius 1 is 1.45 bits per heavy atom. The zero-order chi connectivity index (χ0) is 14.0. The summed E-state index contributed by atoms with van der Waals surface area (Å²) in [5.41, 5.74) is 1.60. The van der Waals surface area contributed by atoms with E-state index in [9.17, 15) is 4.79 Å². The molecule has 1 fully saturated rings. The van der Waals surface area contributed by atoms with Crippen LogP contribution in [0.3, 0.4) is 0 Å². The van der Waals surface area contributed by atoms with Gasteiger partial charge in [0.25, 0.3) is 0 Å². The van der Waals surface area contributed by atoms with Crippen molar-refractivity contribution >= 4 is 16.7 Å². The van der Waals surface area contributed by atoms with Crippen molar-refractivity contribution in [2.75, 3.05) is 13.1 Å². The van der Waals surface area contributed by atoms with Crippen molar-refractivity contribution in [1.29, 1.82) is 0 Å². The number of aromatic amines is 1. The lowest BCUT2D eigenvalue weighted by molar-refractivity contribution is 0.0799. The molecule has 3 rings (SSSR count). The van der Waals surface area contributed by atoms with Crippen LogP contribution < -0.4 is 5.32 Å². The van der Waals surface area contributed by atoms with Gasteiger partial charge in [-0.15, -0.1) is 0 Å². The van der Waals surface area contributed by atoms with Crippen LogP contribution in [0.25, 0.3) is 10.9 Å². The maximum Gasteiger partial charge on any atom is 0.170 e. The molecule has 1 aromatic heterocycles. The molecule has 0 bridgehead atoms. The molecule has 4 nitrogen and oxygen atoms in total. The van der Waals surface area contributed by atoms with Gasteiger partial charge in [0.05, 0.1) is 11.7 Å². The fraction of sp³-hybridized carbons (Fsp3) is 0.500. The molecule has 106 valence electrons. The fourth-order valence-electron chi connectivity index (χ4n) is 3.17. The van der Waals surface area contributed by atoms with E-state index in [-0.39, 0.29) is 5.41 Å². The standard InChI is InChI=1S/C16H21N3O/c1-2-3-6-16(7-8-17-11-16)15(20)12-4-5-14-13(9-12)10-18-19-14/h4-5,9-10,17H,2-3,6-8,11H2,1H3,(H,18,19). The summed E-state index contributed by atoms with van der Waals surface area (Å²) in [6.07, 6.45) is 5.96. The quantitative estimate of drug-likeness (QED) is 0.822. The minimum absolute atomic E-state index is 0.201. The molecule has 1 atom stereocenters. The Hall–Kier alpha value is -1.68. The van der Waals surface area contributed by atoms with E-state index in [1.807, 2.05) is 18.2 Å². The monoisotopic (exact) mass is 271 g/mol. The first-order valence-corrected chi connectivity index (χ1v) is 7.44. The molecule has 1 aliphatic heterocycles. The molecule has 0 aliphatic carbocycles. The van der Waals surface area contributed by atoms with Crippen molar-refractivity contribution < 1.29 is 4.79 Å². The van der Waals surface area contributed by atoms with Crippen LogP contribution in [-0.4, -0.2) is 29.1 Å². The third kappa shape index (κ3) is 2.24. The minimum Gasteiger partial charge on any atom is -0.316 e. The number of nitrogens with one attached hydrogen (secondary N) is 2. The van der Waals surface area contributed by atoms with Gasteiger partial charge in [0, 0.05) is 22.9 Å². The summed E-state index contributed by atoms with van der Waals surface area (Å²) in [5.74, 6) is 0.291. The summed E-state index contributed by atoms with van der Waals surface area (Å²) in [6.45, 7) is 3.94. The number of carbonyl (C=O) groups is 1. The number of nitrogens with zero attached hydrogens (tertiary/aromatic N) is 1. The van der Waals surface area contributed by atoms with Gasteiger partial charge in [-0.2, -0.15) is 5.10 Å². The summed E-state index contributed by atoms with van der Waals surface area (Å²) in [6, 6.07) is 5.84. The molecule has 0 radical (unpaired) electrons. The van der Waals surface area contributed by atoms with E-state index in [1.54, 1.807) is 6.20 Å². The van der Waals surface area contributed by atoms with Gasteiger partial charge in [0.1, 0.15) is 0 Å². The first-order chi connectivity index (χ1) is 9.75. The number of benzene rings is 1. The number of rotatable bonds is 5. The van der Waals surface area contributed by atoms with E-state index >= 15 is 0 Å². The molecule has 0 saturated carbocycles. The summed E-state index contributed by atoms with van der Waals surface area (Å²) < 4.78 is 0. The number of H-pyrrole nitrogens is 1. The van der Waals surface area contributed by atoms with E-state index in [2.05, 4.69) is 22.4 Å². The minimum atomic E-state index is -0.201. The van der Waals surface area contributed by atoms with Gasteiger partial charge in [-0.3, -0.25) is 9.89 Å². The second kappa shape index (κ2) is 5.37. The Bertz CT molecular complexity index is 611. The molecule has 2 heterocycles. The van der Waals surface area contributed by atoms with Crippen molar-refractivity contribution in [3.8, 4) is 0 Å². The fourth-order valence-corrected chi connectivity index (χ4v) is 3.17. The Labute approximate surface area is 119 Å². The van der Waals surface area contributed by atoms with Crippen molar-refractivity contribution in [3.63, 3.8) is 0 Å². The van der Waals surface area contributed by atoms with Crippen molar-refractivity contribution in [2.45, 2.75) is 32.6 Å². The number of carbonyl (C=O) groups excluding carboxylic acids is 1. The summed E-state index contributed by atoms with van der Waals surface area (Å²) >= 11 is 0. The van der Waals surface area contributed by atoms with Crippen LogP contribution in [0.5, 0.6) is 0 Å². The second-order valence-electron chi connectivity index (χ2n) is 5.81. The number of unbranched alkanes of at least 4 members (excludes halogenated alkanes) is 1. The first kappa shape index (κ1) is 13.3. The summed E-state index contributed by atoms with van der Waals surface area (Å²) in [5, 5.41) is 11.3. The third-order valence-corrected chi connectivity index (χ3v) is 4.44. The third-order valence-electron chi connectivity index (χ3n) is 4.44. The Morgan fingerprint density at radius 3 is 3.10 bits per heavy atom. The van der Waals surface area contributed by atoms with Gasteiger partial charge >= 0.3 is 0 Å². The number of aromatic nitrogens is 2. The average Bonchev–Trinajstić information content (AvgIpc) is 3.13. The van der Waals surface area contributed by atoms with Gasteiger partial charge in [-0.05, 0) is 37.6 Å². The van der Waals surface area contributed by atoms with Crippen LogP contribution in [0.2, 0.25) is 0 Å². The predicted molar refractivity (Wildman–Crippen MR) is 79.9 cm³/mol. The highest BCUT2D eigenvalue weighted by Gasteiger charge is 2.40. The highest BCUT2D eigenvalue weighted by Crippen LogP contribution is 2.35. The zero-order valence-electron chi connectivity index (χ0n) is 11.9. The Balaban J connectivity index is 1.92. The molecule has 0 spiro atoms. The van der Waals surface area contributed by atoms with E-state index in [1.165, 1.54) is 0 Å². The van der Waals surface area contributed by atoms with Crippen LogP contribution in [0.4, 0.5) is 0 Å². The molecule has 2 N–H and O–H groups in total. The predicted octanol–water partition coefficient (Wildman–Crippen LogP) is 2.92. The highest BCUT2D eigenvalue weighted by molar-refractivity contribution is 6.03. The van der Waals surface area contributed by atoms with Crippen LogP contribution in [0, 0.1) is 5.41 Å². The Kier molecular flexibility index (Phi) is 3.57. The summed E-state index contributed by atoms with van der Waals surface area (Å²) in [4.78, 5) is 13.0. The van der Waals surface area contributed by atoms with Crippen molar-refractivity contribution in [2.24, 2.45) is 5.41 Å². The van der Waals surface area contributed by atoms with E-state index < -0.39 is 0 Å². The van der Waals surface area contributed by atoms with Crippen LogP contribution in [0.1, 0.15) is 43.0 Å². The molecule has 1 aromatic carbocycles. The van der Waals surface area contributed by atoms with E-state index in [4.69, 9.17) is 0 Å². The molecule has 4 heteroatoms. The molecule has 2 aromatic rings. The lowest BCUT2D eigenvalue weighted by Crippen LogP contribution is -2.33. The van der Waals surface area contributed by atoms with Gasteiger partial charge in [0.2, 0.25) is 0 Å². The van der Waals surface area contributed by atoms with E-state index in [0.717, 1.165) is 55.2 Å². The van der Waals surface area contributed by atoms with Crippen LogP contribution >= 0.6 is 0 Å². The molecule has 20 heavy (non-hydrogen) atoms. The number of ketones is 1. The number of fused-ring (bicyclic) bond motifs is 1. The maximum atomic E-state index is 13.0. The molecular formula is C16H21N3O. The zero-order valence-corrected chi connectivity index (χ0v) is 11.9. The van der Waals surface area contributed by atoms with E-state index in [0.29, 0.717) is 5.78 Å². The molecular weight excluding hydrogens is 250 g/mol. The Morgan fingerprint density at radius 2 is 2.35 bits per heavy atom. The van der Waals surface area contributed by atoms with Gasteiger partial charge in [0.15, 0.2) is 5.78 Å². The number of hydrogen-bond donors (Lipinski definition) is 2. The van der Waals surface area contributed by atoms with Crippen molar-refractivity contribution in [3.05, 3.63) is 30.0 Å². The molecule has 1 saturated heterocycles. The van der Waals surface area contributed by atoms with Gasteiger partial charge in [-0.1, -0.05) is 19.8 Å². The lowest BCUT2D eigenvalue weighted by atomic mass is 9.75.